The van der Waals surface area contributed by atoms with Gasteiger partial charge in [-0.05, 0) is 12.8 Å². The van der Waals surface area contributed by atoms with E-state index >= 15 is 0 Å². The highest BCUT2D eigenvalue weighted by atomic mass is 16.2. The van der Waals surface area contributed by atoms with Crippen LogP contribution in [0.4, 0.5) is 0 Å². The number of hydrogen-bond acceptors (Lipinski definition) is 4. The highest BCUT2D eigenvalue weighted by Gasteiger charge is 2.31. The number of piperidine rings is 1. The van der Waals surface area contributed by atoms with Gasteiger partial charge in [-0.25, -0.2) is 0 Å². The van der Waals surface area contributed by atoms with Crippen molar-refractivity contribution >= 4 is 11.7 Å². The van der Waals surface area contributed by atoms with Crippen LogP contribution in [-0.4, -0.2) is 53.7 Å². The van der Waals surface area contributed by atoms with Gasteiger partial charge in [0.05, 0.1) is 12.6 Å². The zero-order chi connectivity index (χ0) is 13.0. The molecule has 98 valence electrons. The van der Waals surface area contributed by atoms with Crippen LogP contribution in [0.2, 0.25) is 0 Å². The predicted molar refractivity (Wildman–Crippen MR) is 65.6 cm³/mol. The summed E-state index contributed by atoms with van der Waals surface area (Å²) in [5, 5.41) is 8.62. The Hall–Kier alpha value is -1.41. The SMILES string of the molecule is N#CCCN(CC(=O)N1CCC(=O)CC1)C1CC1. The molecule has 2 rings (SSSR count). The minimum atomic E-state index is 0.104. The third kappa shape index (κ3) is 3.54. The summed E-state index contributed by atoms with van der Waals surface area (Å²) in [6.07, 6.45) is 3.73. The first kappa shape index (κ1) is 13.0. The largest absolute Gasteiger partial charge is 0.341 e. The van der Waals surface area contributed by atoms with Gasteiger partial charge in [0.2, 0.25) is 5.91 Å². The van der Waals surface area contributed by atoms with Crippen LogP contribution in [0.15, 0.2) is 0 Å². The first-order valence-electron chi connectivity index (χ1n) is 6.61. The lowest BCUT2D eigenvalue weighted by atomic mass is 10.1. The van der Waals surface area contributed by atoms with Gasteiger partial charge in [0.15, 0.2) is 0 Å². The van der Waals surface area contributed by atoms with E-state index in [0.29, 0.717) is 51.5 Å². The van der Waals surface area contributed by atoms with Crippen molar-refractivity contribution in [1.29, 1.82) is 5.26 Å². The summed E-state index contributed by atoms with van der Waals surface area (Å²) in [5.41, 5.74) is 0. The van der Waals surface area contributed by atoms with Crippen LogP contribution in [0.5, 0.6) is 0 Å². The third-order valence-corrected chi connectivity index (χ3v) is 3.59. The number of likely N-dealkylation sites (tertiary alicyclic amines) is 1. The lowest BCUT2D eigenvalue weighted by Crippen LogP contribution is -2.45. The fourth-order valence-corrected chi connectivity index (χ4v) is 2.30. The van der Waals surface area contributed by atoms with Crippen LogP contribution in [0.25, 0.3) is 0 Å². The number of carbonyl (C=O) groups excluding carboxylic acids is 2. The highest BCUT2D eigenvalue weighted by Crippen LogP contribution is 2.26. The summed E-state index contributed by atoms with van der Waals surface area (Å²) >= 11 is 0. The second-order valence-electron chi connectivity index (χ2n) is 5.03. The molecule has 0 N–H and O–H groups in total. The molecular formula is C13H19N3O2. The Balaban J connectivity index is 1.81. The number of amides is 1. The number of nitrogens with zero attached hydrogens (tertiary/aromatic N) is 3. The van der Waals surface area contributed by atoms with Gasteiger partial charge in [0.1, 0.15) is 5.78 Å². The van der Waals surface area contributed by atoms with E-state index in [4.69, 9.17) is 5.26 Å². The maximum Gasteiger partial charge on any atom is 0.236 e. The number of rotatable bonds is 5. The number of carbonyl (C=O) groups is 2. The van der Waals surface area contributed by atoms with E-state index in [1.807, 2.05) is 0 Å². The average Bonchev–Trinajstić information content (AvgIpc) is 3.19. The van der Waals surface area contributed by atoms with Crippen molar-refractivity contribution in [3.05, 3.63) is 0 Å². The van der Waals surface area contributed by atoms with Crippen LogP contribution in [-0.2, 0) is 9.59 Å². The van der Waals surface area contributed by atoms with Gasteiger partial charge in [0.25, 0.3) is 0 Å². The van der Waals surface area contributed by atoms with Gasteiger partial charge < -0.3 is 4.90 Å². The molecular weight excluding hydrogens is 230 g/mol. The van der Waals surface area contributed by atoms with Crippen LogP contribution >= 0.6 is 0 Å². The van der Waals surface area contributed by atoms with E-state index in [0.717, 1.165) is 12.8 Å². The molecule has 2 aliphatic rings. The quantitative estimate of drug-likeness (QED) is 0.714. The standard InChI is InChI=1S/C13H19N3O2/c14-6-1-7-16(11-2-3-11)10-13(18)15-8-4-12(17)5-9-15/h11H,1-5,7-10H2. The van der Waals surface area contributed by atoms with Crippen molar-refractivity contribution in [2.24, 2.45) is 0 Å². The molecule has 5 nitrogen and oxygen atoms in total. The fraction of sp³-hybridized carbons (Fsp3) is 0.769. The smallest absolute Gasteiger partial charge is 0.236 e. The van der Waals surface area contributed by atoms with Crippen LogP contribution in [0, 0.1) is 11.3 Å². The summed E-state index contributed by atoms with van der Waals surface area (Å²) in [4.78, 5) is 27.1. The maximum atomic E-state index is 12.1. The second kappa shape index (κ2) is 5.96. The molecule has 0 atom stereocenters. The van der Waals surface area contributed by atoms with E-state index < -0.39 is 0 Å². The molecule has 1 saturated heterocycles. The van der Waals surface area contributed by atoms with Gasteiger partial charge in [0, 0.05) is 44.9 Å². The number of Topliss-reactive ketones (excluding diaryl/α,β-unsaturated/α-hetero) is 1. The second-order valence-corrected chi connectivity index (χ2v) is 5.03. The Morgan fingerprint density at radius 3 is 2.61 bits per heavy atom. The number of hydrogen-bond donors (Lipinski definition) is 0. The van der Waals surface area contributed by atoms with Crippen molar-refractivity contribution in [2.75, 3.05) is 26.2 Å². The normalized spacial score (nSPS) is 20.0. The lowest BCUT2D eigenvalue weighted by molar-refractivity contribution is -0.135. The minimum absolute atomic E-state index is 0.104. The molecule has 5 heteroatoms. The Morgan fingerprint density at radius 1 is 1.39 bits per heavy atom. The van der Waals surface area contributed by atoms with Gasteiger partial charge in [-0.2, -0.15) is 5.26 Å². The molecule has 0 unspecified atom stereocenters. The van der Waals surface area contributed by atoms with Crippen molar-refractivity contribution in [3.63, 3.8) is 0 Å². The Labute approximate surface area is 107 Å². The molecule has 1 heterocycles. The Kier molecular flexibility index (Phi) is 4.32. The summed E-state index contributed by atoms with van der Waals surface area (Å²) in [6, 6.07) is 2.62. The van der Waals surface area contributed by atoms with E-state index in [2.05, 4.69) is 11.0 Å². The molecule has 1 amide bonds. The predicted octanol–water partition coefficient (Wildman–Crippen LogP) is 0.556. The summed E-state index contributed by atoms with van der Waals surface area (Å²) in [6.45, 7) is 2.21. The first-order chi connectivity index (χ1) is 8.70. The molecule has 1 aliphatic heterocycles. The molecule has 0 aromatic rings. The Bertz CT molecular complexity index is 361. The Morgan fingerprint density at radius 2 is 2.06 bits per heavy atom. The summed E-state index contributed by atoms with van der Waals surface area (Å²) in [7, 11) is 0. The molecule has 18 heavy (non-hydrogen) atoms. The van der Waals surface area contributed by atoms with E-state index in [9.17, 15) is 9.59 Å². The van der Waals surface area contributed by atoms with Crippen LogP contribution < -0.4 is 0 Å². The van der Waals surface area contributed by atoms with Crippen molar-refractivity contribution in [2.45, 2.75) is 38.1 Å². The molecule has 1 aliphatic carbocycles. The van der Waals surface area contributed by atoms with Gasteiger partial charge in [-0.15, -0.1) is 0 Å². The molecule has 0 radical (unpaired) electrons. The van der Waals surface area contributed by atoms with Crippen LogP contribution in [0.3, 0.4) is 0 Å². The number of nitriles is 1. The minimum Gasteiger partial charge on any atom is -0.341 e. The van der Waals surface area contributed by atoms with Crippen molar-refractivity contribution in [3.8, 4) is 6.07 Å². The maximum absolute atomic E-state index is 12.1. The summed E-state index contributed by atoms with van der Waals surface area (Å²) in [5.74, 6) is 0.356. The molecule has 1 saturated carbocycles. The molecule has 0 bridgehead atoms. The van der Waals surface area contributed by atoms with Crippen molar-refractivity contribution in [1.82, 2.24) is 9.80 Å². The van der Waals surface area contributed by atoms with E-state index in [-0.39, 0.29) is 11.7 Å². The monoisotopic (exact) mass is 249 g/mol. The van der Waals surface area contributed by atoms with Crippen LogP contribution in [0.1, 0.15) is 32.1 Å². The lowest BCUT2D eigenvalue weighted by Gasteiger charge is -2.29. The average molecular weight is 249 g/mol. The fourth-order valence-electron chi connectivity index (χ4n) is 2.30. The number of ketones is 1. The van der Waals surface area contributed by atoms with E-state index in [1.54, 1.807) is 4.90 Å². The van der Waals surface area contributed by atoms with Gasteiger partial charge in [-0.1, -0.05) is 0 Å². The molecule has 2 fully saturated rings. The zero-order valence-electron chi connectivity index (χ0n) is 10.6. The molecule has 0 aromatic carbocycles. The van der Waals surface area contributed by atoms with E-state index in [1.165, 1.54) is 0 Å². The first-order valence-corrected chi connectivity index (χ1v) is 6.61. The highest BCUT2D eigenvalue weighted by molar-refractivity contribution is 5.84. The molecule has 0 spiro atoms. The zero-order valence-corrected chi connectivity index (χ0v) is 10.6. The van der Waals surface area contributed by atoms with Gasteiger partial charge in [-0.3, -0.25) is 14.5 Å². The summed E-state index contributed by atoms with van der Waals surface area (Å²) < 4.78 is 0. The topological polar surface area (TPSA) is 64.4 Å². The molecule has 0 aromatic heterocycles. The third-order valence-electron chi connectivity index (χ3n) is 3.59. The van der Waals surface area contributed by atoms with Gasteiger partial charge >= 0.3 is 0 Å². The van der Waals surface area contributed by atoms with Crippen molar-refractivity contribution < 1.29 is 9.59 Å².